The number of nitrogen functional groups attached to an aromatic ring is 1. The highest BCUT2D eigenvalue weighted by atomic mass is 35.5. The molecule has 3 aromatic rings. The van der Waals surface area contributed by atoms with Crippen LogP contribution in [0.5, 0.6) is 5.75 Å². The van der Waals surface area contributed by atoms with Crippen molar-refractivity contribution in [2.75, 3.05) is 44.8 Å². The largest absolute Gasteiger partial charge is 0.490 e. The number of carbonyl (C=O) groups excluding carboxylic acids is 1. The molecule has 0 aliphatic carbocycles. The molecule has 2 aromatic carbocycles. The van der Waals surface area contributed by atoms with Gasteiger partial charge in [-0.25, -0.2) is 14.4 Å². The van der Waals surface area contributed by atoms with Gasteiger partial charge in [0.15, 0.2) is 5.82 Å². The minimum Gasteiger partial charge on any atom is -0.490 e. The molecule has 0 spiro atoms. The van der Waals surface area contributed by atoms with Gasteiger partial charge in [-0.15, -0.1) is 0 Å². The van der Waals surface area contributed by atoms with Crippen molar-refractivity contribution in [3.05, 3.63) is 47.5 Å². The van der Waals surface area contributed by atoms with E-state index in [9.17, 15) is 9.18 Å². The van der Waals surface area contributed by atoms with E-state index in [-0.39, 0.29) is 23.2 Å². The lowest BCUT2D eigenvalue weighted by Gasteiger charge is -2.14. The Balaban J connectivity index is 1.73. The number of benzene rings is 2. The monoisotopic (exact) mass is 432 g/mol. The molecule has 1 amide bonds. The summed E-state index contributed by atoms with van der Waals surface area (Å²) in [6.45, 7) is 0.894. The zero-order valence-electron chi connectivity index (χ0n) is 16.6. The zero-order valence-corrected chi connectivity index (χ0v) is 17.3. The van der Waals surface area contributed by atoms with Crippen LogP contribution < -0.4 is 21.1 Å². The number of rotatable bonds is 8. The SMILES string of the molecule is CN(C)CC(=O)NCCOc1cc2ncnc(Nc3cccc(Cl)c3F)c2cc1N. The number of hydrogen-bond donors (Lipinski definition) is 3. The highest BCUT2D eigenvalue weighted by molar-refractivity contribution is 6.31. The van der Waals surface area contributed by atoms with E-state index < -0.39 is 5.82 Å². The van der Waals surface area contributed by atoms with E-state index in [0.717, 1.165) is 0 Å². The smallest absolute Gasteiger partial charge is 0.234 e. The van der Waals surface area contributed by atoms with Crippen LogP contribution in [0, 0.1) is 5.82 Å². The van der Waals surface area contributed by atoms with Crippen LogP contribution in [0.15, 0.2) is 36.7 Å². The van der Waals surface area contributed by atoms with Gasteiger partial charge in [-0.3, -0.25) is 4.79 Å². The first-order chi connectivity index (χ1) is 14.3. The number of anilines is 3. The molecule has 30 heavy (non-hydrogen) atoms. The molecule has 0 radical (unpaired) electrons. The maximum absolute atomic E-state index is 14.2. The Morgan fingerprint density at radius 3 is 2.87 bits per heavy atom. The van der Waals surface area contributed by atoms with Gasteiger partial charge in [0.05, 0.1) is 35.0 Å². The number of amides is 1. The second-order valence-electron chi connectivity index (χ2n) is 6.79. The minimum absolute atomic E-state index is 0.00577. The molecule has 1 heterocycles. The third kappa shape index (κ3) is 5.25. The number of ether oxygens (including phenoxy) is 1. The van der Waals surface area contributed by atoms with Crippen molar-refractivity contribution >= 4 is 45.6 Å². The van der Waals surface area contributed by atoms with E-state index in [1.807, 2.05) is 14.1 Å². The summed E-state index contributed by atoms with van der Waals surface area (Å²) in [4.78, 5) is 21.8. The lowest BCUT2D eigenvalue weighted by Crippen LogP contribution is -2.35. The van der Waals surface area contributed by atoms with Gasteiger partial charge in [0.2, 0.25) is 5.91 Å². The van der Waals surface area contributed by atoms with Gasteiger partial charge in [0.25, 0.3) is 0 Å². The van der Waals surface area contributed by atoms with Gasteiger partial charge < -0.3 is 26.0 Å². The number of fused-ring (bicyclic) bond motifs is 1. The molecular formula is C20H22ClFN6O2. The predicted octanol–water partition coefficient (Wildman–Crippen LogP) is 2.80. The third-order valence-electron chi connectivity index (χ3n) is 4.11. The second kappa shape index (κ2) is 9.55. The van der Waals surface area contributed by atoms with Crippen molar-refractivity contribution in [2.24, 2.45) is 0 Å². The van der Waals surface area contributed by atoms with Gasteiger partial charge in [-0.05, 0) is 32.3 Å². The molecule has 0 unspecified atom stereocenters. The molecule has 10 heteroatoms. The summed E-state index contributed by atoms with van der Waals surface area (Å²) in [6.07, 6.45) is 1.36. The van der Waals surface area contributed by atoms with E-state index in [0.29, 0.717) is 41.2 Å². The Bertz CT molecular complexity index is 1060. The lowest BCUT2D eigenvalue weighted by atomic mass is 10.2. The fourth-order valence-corrected chi connectivity index (χ4v) is 2.92. The summed E-state index contributed by atoms with van der Waals surface area (Å²) in [5, 5.41) is 6.29. The highest BCUT2D eigenvalue weighted by Gasteiger charge is 2.12. The molecule has 0 atom stereocenters. The highest BCUT2D eigenvalue weighted by Crippen LogP contribution is 2.32. The second-order valence-corrected chi connectivity index (χ2v) is 7.20. The fraction of sp³-hybridized carbons (Fsp3) is 0.250. The van der Waals surface area contributed by atoms with Crippen LogP contribution in [0.25, 0.3) is 10.9 Å². The third-order valence-corrected chi connectivity index (χ3v) is 4.41. The maximum Gasteiger partial charge on any atom is 0.234 e. The minimum atomic E-state index is -0.574. The van der Waals surface area contributed by atoms with Gasteiger partial charge in [-0.2, -0.15) is 0 Å². The molecule has 0 aliphatic heterocycles. The first kappa shape index (κ1) is 21.5. The predicted molar refractivity (Wildman–Crippen MR) is 116 cm³/mol. The van der Waals surface area contributed by atoms with E-state index in [1.165, 1.54) is 12.4 Å². The first-order valence-corrected chi connectivity index (χ1v) is 9.52. The van der Waals surface area contributed by atoms with Crippen molar-refractivity contribution in [3.8, 4) is 5.75 Å². The van der Waals surface area contributed by atoms with Crippen LogP contribution in [-0.4, -0.2) is 54.6 Å². The molecule has 0 fully saturated rings. The van der Waals surface area contributed by atoms with Crippen LogP contribution >= 0.6 is 11.6 Å². The molecule has 0 bridgehead atoms. The zero-order chi connectivity index (χ0) is 21.7. The van der Waals surface area contributed by atoms with E-state index >= 15 is 0 Å². The fourth-order valence-electron chi connectivity index (χ4n) is 2.75. The molecular weight excluding hydrogens is 411 g/mol. The average Bonchev–Trinajstić information content (AvgIpc) is 2.69. The number of carbonyl (C=O) groups is 1. The van der Waals surface area contributed by atoms with Crippen molar-refractivity contribution in [3.63, 3.8) is 0 Å². The number of nitrogens with two attached hydrogens (primary N) is 1. The van der Waals surface area contributed by atoms with Crippen LogP contribution in [0.4, 0.5) is 21.6 Å². The first-order valence-electron chi connectivity index (χ1n) is 9.14. The van der Waals surface area contributed by atoms with Gasteiger partial charge in [0.1, 0.15) is 24.5 Å². The number of nitrogens with zero attached hydrogens (tertiary/aromatic N) is 3. The lowest BCUT2D eigenvalue weighted by molar-refractivity contribution is -0.121. The Morgan fingerprint density at radius 1 is 1.30 bits per heavy atom. The average molecular weight is 433 g/mol. The topological polar surface area (TPSA) is 105 Å². The molecule has 3 rings (SSSR count). The van der Waals surface area contributed by atoms with Gasteiger partial charge in [-0.1, -0.05) is 17.7 Å². The van der Waals surface area contributed by atoms with Crippen LogP contribution in [0.3, 0.4) is 0 Å². The molecule has 0 saturated heterocycles. The van der Waals surface area contributed by atoms with E-state index in [1.54, 1.807) is 29.2 Å². The van der Waals surface area contributed by atoms with Crippen LogP contribution in [-0.2, 0) is 4.79 Å². The van der Waals surface area contributed by atoms with Crippen molar-refractivity contribution in [1.29, 1.82) is 0 Å². The molecule has 8 nitrogen and oxygen atoms in total. The van der Waals surface area contributed by atoms with Gasteiger partial charge >= 0.3 is 0 Å². The Labute approximate surface area is 178 Å². The number of halogens is 2. The summed E-state index contributed by atoms with van der Waals surface area (Å²) in [7, 11) is 3.63. The summed E-state index contributed by atoms with van der Waals surface area (Å²) >= 11 is 5.84. The Morgan fingerprint density at radius 2 is 2.10 bits per heavy atom. The Hall–Kier alpha value is -3.17. The van der Waals surface area contributed by atoms with Crippen LogP contribution in [0.2, 0.25) is 5.02 Å². The molecule has 0 aliphatic rings. The molecule has 1 aromatic heterocycles. The van der Waals surface area contributed by atoms with Crippen molar-refractivity contribution < 1.29 is 13.9 Å². The Kier molecular flexibility index (Phi) is 6.86. The summed E-state index contributed by atoms with van der Waals surface area (Å²) < 4.78 is 19.9. The number of aromatic nitrogens is 2. The number of hydrogen-bond acceptors (Lipinski definition) is 7. The van der Waals surface area contributed by atoms with E-state index in [4.69, 9.17) is 22.1 Å². The number of likely N-dealkylation sites (N-methyl/N-ethyl adjacent to an activating group) is 1. The summed E-state index contributed by atoms with van der Waals surface area (Å²) in [5.41, 5.74) is 7.24. The molecule has 4 N–H and O–H groups in total. The van der Waals surface area contributed by atoms with Gasteiger partial charge in [0, 0.05) is 11.5 Å². The quantitative estimate of drug-likeness (QED) is 0.371. The normalized spacial score (nSPS) is 11.0. The van der Waals surface area contributed by atoms with Crippen molar-refractivity contribution in [2.45, 2.75) is 0 Å². The molecule has 0 saturated carbocycles. The van der Waals surface area contributed by atoms with Crippen LogP contribution in [0.1, 0.15) is 0 Å². The summed E-state index contributed by atoms with van der Waals surface area (Å²) in [5.74, 6) is 0.153. The van der Waals surface area contributed by atoms with Crippen molar-refractivity contribution in [1.82, 2.24) is 20.2 Å². The molecule has 158 valence electrons. The number of nitrogens with one attached hydrogen (secondary N) is 2. The van der Waals surface area contributed by atoms with E-state index in [2.05, 4.69) is 20.6 Å². The maximum atomic E-state index is 14.2. The standard InChI is InChI=1S/C20H22ClFN6O2/c1-28(2)10-18(29)24-6-7-30-17-9-16-12(8-14(17)23)20(26-11-25-16)27-15-5-3-4-13(21)19(15)22/h3-5,8-9,11H,6-7,10,23H2,1-2H3,(H,24,29)(H,25,26,27). The summed E-state index contributed by atoms with van der Waals surface area (Å²) in [6, 6.07) is 7.98.